The third kappa shape index (κ3) is 18.3. The van der Waals surface area contributed by atoms with Crippen LogP contribution in [0.15, 0.2) is 36.5 Å². The summed E-state index contributed by atoms with van der Waals surface area (Å²) in [5.74, 6) is -1.35. The van der Waals surface area contributed by atoms with E-state index in [-0.39, 0.29) is 50.8 Å². The average molecular weight is 675 g/mol. The highest BCUT2D eigenvalue weighted by Gasteiger charge is 2.37. The lowest BCUT2D eigenvalue weighted by molar-refractivity contribution is -0.165. The number of carbonyl (C=O) groups excluding carboxylic acids is 3. The summed E-state index contributed by atoms with van der Waals surface area (Å²) >= 11 is 0. The van der Waals surface area contributed by atoms with E-state index in [2.05, 4.69) is 20.8 Å². The Bertz CT molecular complexity index is 967. The average Bonchev–Trinajstić information content (AvgIpc) is 4.00. The lowest BCUT2D eigenvalue weighted by atomic mass is 10.1. The van der Waals surface area contributed by atoms with Gasteiger partial charge < -0.3 is 28.4 Å². The van der Waals surface area contributed by atoms with E-state index >= 15 is 0 Å². The predicted octanol–water partition coefficient (Wildman–Crippen LogP) is 8.04. The van der Waals surface area contributed by atoms with E-state index in [0.717, 1.165) is 38.5 Å². The maximum absolute atomic E-state index is 12.6. The van der Waals surface area contributed by atoms with Gasteiger partial charge in [-0.2, -0.15) is 0 Å². The Hall–Kier alpha value is -2.49. The topological polar surface area (TPSA) is 116 Å². The summed E-state index contributed by atoms with van der Waals surface area (Å²) in [5, 5.41) is 0. The molecule has 0 aromatic heterocycles. The van der Waals surface area contributed by atoms with Crippen molar-refractivity contribution in [3.05, 3.63) is 36.5 Å². The fraction of sp³-hybridized carbons (Fsp3) is 0.769. The molecule has 0 aromatic carbocycles. The van der Waals surface area contributed by atoms with Crippen LogP contribution in [0.4, 0.5) is 0 Å². The van der Waals surface area contributed by atoms with E-state index < -0.39 is 24.0 Å². The Kier molecular flexibility index (Phi) is 19.8. The van der Waals surface area contributed by atoms with Crippen LogP contribution >= 0.6 is 0 Å². The first kappa shape index (κ1) is 39.9. The van der Waals surface area contributed by atoms with E-state index in [9.17, 15) is 14.4 Å². The van der Waals surface area contributed by atoms with Crippen molar-refractivity contribution in [1.82, 2.24) is 0 Å². The minimum Gasteiger partial charge on any atom is -0.461 e. The molecule has 0 spiro atoms. The molecule has 0 bridgehead atoms. The summed E-state index contributed by atoms with van der Waals surface area (Å²) in [4.78, 5) is 37.4. The normalized spacial score (nSPS) is 25.1. The molecule has 3 rings (SSSR count). The minimum atomic E-state index is -0.894. The fourth-order valence-electron chi connectivity index (χ4n) is 5.78. The lowest BCUT2D eigenvalue weighted by Gasteiger charge is -2.17. The van der Waals surface area contributed by atoms with E-state index in [0.29, 0.717) is 18.3 Å². The van der Waals surface area contributed by atoms with Gasteiger partial charge in [-0.05, 0) is 38.5 Å². The van der Waals surface area contributed by atoms with Gasteiger partial charge >= 0.3 is 17.9 Å². The Labute approximate surface area is 289 Å². The van der Waals surface area contributed by atoms with Crippen molar-refractivity contribution in [2.24, 2.45) is 0 Å². The van der Waals surface area contributed by atoms with Gasteiger partial charge in [0.05, 0.1) is 55.9 Å². The third-order valence-electron chi connectivity index (χ3n) is 8.96. The summed E-state index contributed by atoms with van der Waals surface area (Å²) in [6.07, 6.45) is 28.7. The summed E-state index contributed by atoms with van der Waals surface area (Å²) in [6, 6.07) is 0. The van der Waals surface area contributed by atoms with Crippen molar-refractivity contribution < 1.29 is 42.8 Å². The zero-order valence-electron chi connectivity index (χ0n) is 29.8. The first-order valence-electron chi connectivity index (χ1n) is 18.8. The highest BCUT2D eigenvalue weighted by molar-refractivity contribution is 5.73. The smallest absolute Gasteiger partial charge is 0.310 e. The second-order valence-corrected chi connectivity index (χ2v) is 13.3. The first-order valence-corrected chi connectivity index (χ1v) is 18.8. The zero-order valence-corrected chi connectivity index (χ0v) is 29.8. The molecule has 0 saturated carbocycles. The molecule has 3 heterocycles. The Balaban J connectivity index is 1.34. The monoisotopic (exact) mass is 674 g/mol. The van der Waals surface area contributed by atoms with Crippen molar-refractivity contribution in [3.63, 3.8) is 0 Å². The molecule has 6 atom stereocenters. The van der Waals surface area contributed by atoms with Gasteiger partial charge in [-0.25, -0.2) is 0 Å². The van der Waals surface area contributed by atoms with E-state index in [4.69, 9.17) is 28.4 Å². The summed E-state index contributed by atoms with van der Waals surface area (Å²) < 4.78 is 33.4. The number of rotatable bonds is 29. The molecule has 3 aliphatic heterocycles. The number of unbranched alkanes of at least 4 members (excludes halogenated alkanes) is 6. The molecular formula is C39H62O9. The number of carbonyl (C=O) groups is 3. The van der Waals surface area contributed by atoms with Crippen LogP contribution in [0.1, 0.15) is 136 Å². The Morgan fingerprint density at radius 2 is 0.854 bits per heavy atom. The number of hydrogen-bond acceptors (Lipinski definition) is 9. The quantitative estimate of drug-likeness (QED) is 0.0256. The second-order valence-electron chi connectivity index (χ2n) is 13.3. The maximum Gasteiger partial charge on any atom is 0.310 e. The molecule has 6 unspecified atom stereocenters. The third-order valence-corrected chi connectivity index (χ3v) is 8.96. The Morgan fingerprint density at radius 1 is 0.500 bits per heavy atom. The van der Waals surface area contributed by atoms with Gasteiger partial charge in [0.25, 0.3) is 0 Å². The van der Waals surface area contributed by atoms with E-state index in [1.54, 1.807) is 18.2 Å². The SMILES string of the molecule is CCCCCC1OC1C/C=C/CC(=O)OCC(COC(=O)C/C=C/CC1OC1CCCCC)OC(=O)C/C=C/CC1OC1CCCCC. The van der Waals surface area contributed by atoms with Gasteiger partial charge in [0.15, 0.2) is 6.10 Å². The standard InChI is InChI=1S/C39H62O9/c1-4-7-10-19-31-34(46-31)22-13-16-25-37(40)43-28-30(45-39(42)27-18-15-24-36-33(48-36)21-12-9-6-3)29-44-38(41)26-17-14-23-35-32(47-35)20-11-8-5-2/h13-18,30-36H,4-12,19-29H2,1-3H3/b16-13+,17-14+,18-15+. The largest absolute Gasteiger partial charge is 0.461 e. The number of hydrogen-bond donors (Lipinski definition) is 0. The summed E-state index contributed by atoms with van der Waals surface area (Å²) in [7, 11) is 0. The van der Waals surface area contributed by atoms with Gasteiger partial charge in [0, 0.05) is 0 Å². The number of ether oxygens (including phenoxy) is 6. The van der Waals surface area contributed by atoms with Crippen LogP contribution < -0.4 is 0 Å². The van der Waals surface area contributed by atoms with Crippen molar-refractivity contribution in [2.45, 2.75) is 179 Å². The molecule has 9 nitrogen and oxygen atoms in total. The number of epoxide rings is 3. The summed E-state index contributed by atoms with van der Waals surface area (Å²) in [5.41, 5.74) is 0. The predicted molar refractivity (Wildman–Crippen MR) is 185 cm³/mol. The molecular weight excluding hydrogens is 612 g/mol. The van der Waals surface area contributed by atoms with E-state index in [1.165, 1.54) is 57.8 Å². The molecule has 3 fully saturated rings. The highest BCUT2D eigenvalue weighted by atomic mass is 16.6. The van der Waals surface area contributed by atoms with Crippen LogP contribution in [0.3, 0.4) is 0 Å². The molecule has 272 valence electrons. The molecule has 9 heteroatoms. The Morgan fingerprint density at radius 3 is 1.21 bits per heavy atom. The van der Waals surface area contributed by atoms with Crippen LogP contribution in [-0.2, 0) is 42.8 Å². The van der Waals surface area contributed by atoms with Crippen molar-refractivity contribution in [1.29, 1.82) is 0 Å². The molecule has 0 radical (unpaired) electrons. The molecule has 0 aromatic rings. The first-order chi connectivity index (χ1) is 23.4. The van der Waals surface area contributed by atoms with Gasteiger partial charge in [0.1, 0.15) is 13.2 Å². The van der Waals surface area contributed by atoms with Gasteiger partial charge in [-0.3, -0.25) is 14.4 Å². The number of esters is 3. The lowest BCUT2D eigenvalue weighted by Crippen LogP contribution is -2.30. The van der Waals surface area contributed by atoms with Crippen LogP contribution in [0.2, 0.25) is 0 Å². The summed E-state index contributed by atoms with van der Waals surface area (Å²) in [6.45, 7) is 6.19. The van der Waals surface area contributed by atoms with E-state index in [1.807, 2.05) is 18.2 Å². The molecule has 48 heavy (non-hydrogen) atoms. The molecule has 0 N–H and O–H groups in total. The van der Waals surface area contributed by atoms with Crippen molar-refractivity contribution in [2.75, 3.05) is 13.2 Å². The van der Waals surface area contributed by atoms with Crippen LogP contribution in [0.5, 0.6) is 0 Å². The molecule has 0 aliphatic carbocycles. The van der Waals surface area contributed by atoms with Gasteiger partial charge in [0.2, 0.25) is 0 Å². The van der Waals surface area contributed by atoms with Crippen molar-refractivity contribution in [3.8, 4) is 0 Å². The van der Waals surface area contributed by atoms with Crippen LogP contribution in [0.25, 0.3) is 0 Å². The van der Waals surface area contributed by atoms with Crippen LogP contribution in [-0.4, -0.2) is 73.8 Å². The van der Waals surface area contributed by atoms with Crippen molar-refractivity contribution >= 4 is 17.9 Å². The highest BCUT2D eigenvalue weighted by Crippen LogP contribution is 2.32. The minimum absolute atomic E-state index is 0.0719. The molecule has 0 amide bonds. The fourth-order valence-corrected chi connectivity index (χ4v) is 5.78. The second kappa shape index (κ2) is 23.8. The maximum atomic E-state index is 12.6. The molecule has 3 aliphatic rings. The molecule has 3 saturated heterocycles. The van der Waals surface area contributed by atoms with Gasteiger partial charge in [-0.1, -0.05) is 115 Å². The van der Waals surface area contributed by atoms with Crippen LogP contribution in [0, 0.1) is 0 Å². The zero-order chi connectivity index (χ0) is 34.4. The van der Waals surface area contributed by atoms with Gasteiger partial charge in [-0.15, -0.1) is 0 Å².